The van der Waals surface area contributed by atoms with E-state index in [9.17, 15) is 4.79 Å². The molecule has 1 aromatic carbocycles. The van der Waals surface area contributed by atoms with Gasteiger partial charge in [-0.1, -0.05) is 24.6 Å². The van der Waals surface area contributed by atoms with E-state index in [2.05, 4.69) is 32.2 Å². The van der Waals surface area contributed by atoms with Gasteiger partial charge in [0.25, 0.3) is 5.91 Å². The molecule has 0 saturated carbocycles. The first-order valence-electron chi connectivity index (χ1n) is 6.49. The zero-order valence-electron chi connectivity index (χ0n) is 11.8. The Labute approximate surface area is 118 Å². The van der Waals surface area contributed by atoms with E-state index >= 15 is 0 Å². The number of rotatable bonds is 3. The normalized spacial score (nSPS) is 10.5. The Balaban J connectivity index is 2.20. The van der Waals surface area contributed by atoms with Gasteiger partial charge in [-0.15, -0.1) is 11.3 Å². The van der Waals surface area contributed by atoms with Crippen molar-refractivity contribution < 1.29 is 4.79 Å². The van der Waals surface area contributed by atoms with Crippen LogP contribution in [0.25, 0.3) is 0 Å². The Bertz CT molecular complexity index is 613. The fourth-order valence-electron chi connectivity index (χ4n) is 2.12. The minimum atomic E-state index is -0.0141. The van der Waals surface area contributed by atoms with Crippen LogP contribution in [0.3, 0.4) is 0 Å². The standard InChI is InChI=1S/C16H19NOS/c1-5-14-12(4)9-15(19-14)16(18)17-13-7-6-10(2)8-11(13)3/h6-9H,5H2,1-4H3,(H,17,18). The molecule has 1 N–H and O–H groups in total. The van der Waals surface area contributed by atoms with E-state index in [1.165, 1.54) is 16.0 Å². The molecular weight excluding hydrogens is 254 g/mol. The van der Waals surface area contributed by atoms with Gasteiger partial charge in [0.15, 0.2) is 0 Å². The van der Waals surface area contributed by atoms with Crippen LogP contribution in [0.5, 0.6) is 0 Å². The van der Waals surface area contributed by atoms with Crippen molar-refractivity contribution in [2.75, 3.05) is 5.32 Å². The molecule has 0 spiro atoms. The minimum Gasteiger partial charge on any atom is -0.321 e. The average molecular weight is 273 g/mol. The summed E-state index contributed by atoms with van der Waals surface area (Å²) in [4.78, 5) is 14.3. The Morgan fingerprint density at radius 1 is 1.16 bits per heavy atom. The third-order valence-corrected chi connectivity index (χ3v) is 4.58. The molecule has 2 rings (SSSR count). The largest absolute Gasteiger partial charge is 0.321 e. The molecule has 19 heavy (non-hydrogen) atoms. The number of benzene rings is 1. The van der Waals surface area contributed by atoms with Crippen LogP contribution in [0.1, 0.15) is 38.2 Å². The van der Waals surface area contributed by atoms with Crippen LogP contribution in [-0.2, 0) is 6.42 Å². The van der Waals surface area contributed by atoms with Crippen LogP contribution in [-0.4, -0.2) is 5.91 Å². The number of carbonyl (C=O) groups is 1. The number of thiophene rings is 1. The predicted octanol–water partition coefficient (Wildman–Crippen LogP) is 4.49. The smallest absolute Gasteiger partial charge is 0.265 e. The molecule has 1 aromatic heterocycles. The van der Waals surface area contributed by atoms with Gasteiger partial charge in [-0.3, -0.25) is 4.79 Å². The summed E-state index contributed by atoms with van der Waals surface area (Å²) in [5, 5.41) is 2.99. The average Bonchev–Trinajstić information content (AvgIpc) is 2.74. The molecule has 0 aliphatic heterocycles. The SMILES string of the molecule is CCc1sc(C(=O)Nc2ccc(C)cc2C)cc1C. The van der Waals surface area contributed by atoms with Gasteiger partial charge in [-0.25, -0.2) is 0 Å². The van der Waals surface area contributed by atoms with E-state index < -0.39 is 0 Å². The molecule has 0 saturated heterocycles. The maximum Gasteiger partial charge on any atom is 0.265 e. The molecule has 0 atom stereocenters. The van der Waals surface area contributed by atoms with Crippen LogP contribution in [0, 0.1) is 20.8 Å². The number of hydrogen-bond donors (Lipinski definition) is 1. The van der Waals surface area contributed by atoms with Gasteiger partial charge >= 0.3 is 0 Å². The van der Waals surface area contributed by atoms with Gasteiger partial charge in [0, 0.05) is 10.6 Å². The van der Waals surface area contributed by atoms with Crippen molar-refractivity contribution in [2.45, 2.75) is 34.1 Å². The first kappa shape index (κ1) is 13.8. The van der Waals surface area contributed by atoms with Crippen LogP contribution >= 0.6 is 11.3 Å². The summed E-state index contributed by atoms with van der Waals surface area (Å²) >= 11 is 1.58. The fraction of sp³-hybridized carbons (Fsp3) is 0.312. The number of carbonyl (C=O) groups excluding carboxylic acids is 1. The summed E-state index contributed by atoms with van der Waals surface area (Å²) in [5.74, 6) is -0.0141. The van der Waals surface area contributed by atoms with Gasteiger partial charge in [0.05, 0.1) is 4.88 Å². The summed E-state index contributed by atoms with van der Waals surface area (Å²) in [5.41, 5.74) is 4.39. The second kappa shape index (κ2) is 5.57. The number of anilines is 1. The molecule has 3 heteroatoms. The quantitative estimate of drug-likeness (QED) is 0.877. The monoisotopic (exact) mass is 273 g/mol. The van der Waals surface area contributed by atoms with Crippen molar-refractivity contribution in [1.29, 1.82) is 0 Å². The van der Waals surface area contributed by atoms with Crippen LogP contribution in [0.4, 0.5) is 5.69 Å². The van der Waals surface area contributed by atoms with Crippen LogP contribution in [0.2, 0.25) is 0 Å². The second-order valence-electron chi connectivity index (χ2n) is 4.84. The lowest BCUT2D eigenvalue weighted by atomic mass is 10.1. The van der Waals surface area contributed by atoms with E-state index in [0.29, 0.717) is 0 Å². The Morgan fingerprint density at radius 3 is 2.47 bits per heavy atom. The van der Waals surface area contributed by atoms with Crippen molar-refractivity contribution in [3.63, 3.8) is 0 Å². The Morgan fingerprint density at radius 2 is 1.89 bits per heavy atom. The van der Waals surface area contributed by atoms with Crippen molar-refractivity contribution in [2.24, 2.45) is 0 Å². The molecule has 0 unspecified atom stereocenters. The first-order chi connectivity index (χ1) is 9.01. The summed E-state index contributed by atoms with van der Waals surface area (Å²) in [7, 11) is 0. The molecule has 1 amide bonds. The van der Waals surface area contributed by atoms with Crippen molar-refractivity contribution in [3.05, 3.63) is 50.7 Å². The van der Waals surface area contributed by atoms with Gasteiger partial charge in [-0.05, 0) is 50.5 Å². The maximum atomic E-state index is 12.2. The van der Waals surface area contributed by atoms with Crippen molar-refractivity contribution in [3.8, 4) is 0 Å². The molecule has 0 radical (unpaired) electrons. The third kappa shape index (κ3) is 3.04. The summed E-state index contributed by atoms with van der Waals surface area (Å²) < 4.78 is 0. The number of hydrogen-bond acceptors (Lipinski definition) is 2. The van der Waals surface area contributed by atoms with Crippen LogP contribution < -0.4 is 5.32 Å². The van der Waals surface area contributed by atoms with E-state index in [1.807, 2.05) is 25.1 Å². The van der Waals surface area contributed by atoms with E-state index in [-0.39, 0.29) is 5.91 Å². The van der Waals surface area contributed by atoms with Gasteiger partial charge < -0.3 is 5.32 Å². The Hall–Kier alpha value is -1.61. The lowest BCUT2D eigenvalue weighted by Gasteiger charge is -2.07. The van der Waals surface area contributed by atoms with E-state index in [0.717, 1.165) is 22.5 Å². The molecule has 100 valence electrons. The summed E-state index contributed by atoms with van der Waals surface area (Å²) in [6, 6.07) is 8.03. The zero-order chi connectivity index (χ0) is 14.0. The van der Waals surface area contributed by atoms with E-state index in [4.69, 9.17) is 0 Å². The number of amides is 1. The molecule has 2 nitrogen and oxygen atoms in total. The summed E-state index contributed by atoms with van der Waals surface area (Å²) in [6.07, 6.45) is 0.980. The predicted molar refractivity (Wildman–Crippen MR) is 82.3 cm³/mol. The highest BCUT2D eigenvalue weighted by Gasteiger charge is 2.12. The maximum absolute atomic E-state index is 12.2. The molecular formula is C16H19NOS. The molecule has 2 aromatic rings. The van der Waals surface area contributed by atoms with Gasteiger partial charge in [0.2, 0.25) is 0 Å². The van der Waals surface area contributed by atoms with Crippen LogP contribution in [0.15, 0.2) is 24.3 Å². The third-order valence-electron chi connectivity index (χ3n) is 3.20. The highest BCUT2D eigenvalue weighted by molar-refractivity contribution is 7.14. The van der Waals surface area contributed by atoms with Gasteiger partial charge in [-0.2, -0.15) is 0 Å². The highest BCUT2D eigenvalue weighted by atomic mass is 32.1. The lowest BCUT2D eigenvalue weighted by Crippen LogP contribution is -2.11. The first-order valence-corrected chi connectivity index (χ1v) is 7.30. The van der Waals surface area contributed by atoms with Gasteiger partial charge in [0.1, 0.15) is 0 Å². The molecule has 0 bridgehead atoms. The lowest BCUT2D eigenvalue weighted by molar-refractivity contribution is 0.103. The molecule has 0 aliphatic carbocycles. The second-order valence-corrected chi connectivity index (χ2v) is 5.98. The molecule has 1 heterocycles. The fourth-order valence-corrected chi connectivity index (χ4v) is 3.13. The molecule has 0 fully saturated rings. The minimum absolute atomic E-state index is 0.0141. The highest BCUT2D eigenvalue weighted by Crippen LogP contribution is 2.24. The van der Waals surface area contributed by atoms with Crippen molar-refractivity contribution >= 4 is 22.9 Å². The Kier molecular flexibility index (Phi) is 4.05. The zero-order valence-corrected chi connectivity index (χ0v) is 12.6. The summed E-state index contributed by atoms with van der Waals surface area (Å²) in [6.45, 7) is 8.24. The number of aryl methyl sites for hydroxylation is 4. The molecule has 0 aliphatic rings. The van der Waals surface area contributed by atoms with E-state index in [1.54, 1.807) is 11.3 Å². The topological polar surface area (TPSA) is 29.1 Å². The number of nitrogens with one attached hydrogen (secondary N) is 1. The van der Waals surface area contributed by atoms with Crippen molar-refractivity contribution in [1.82, 2.24) is 0 Å².